The lowest BCUT2D eigenvalue weighted by atomic mass is 9.93. The fourth-order valence-corrected chi connectivity index (χ4v) is 3.92. The third kappa shape index (κ3) is 5.55. The Labute approximate surface area is 192 Å². The van der Waals surface area contributed by atoms with Gasteiger partial charge in [-0.1, -0.05) is 30.3 Å². The molecule has 1 aromatic rings. The number of benzene rings is 1. The average Bonchev–Trinajstić information content (AvgIpc) is 3.03. The fourth-order valence-electron chi connectivity index (χ4n) is 3.92. The molecule has 1 aromatic carbocycles. The number of amides is 1. The highest BCUT2D eigenvalue weighted by Crippen LogP contribution is 2.31. The fraction of sp³-hybridized carbons (Fsp3) is 0.417. The van der Waals surface area contributed by atoms with E-state index in [-0.39, 0.29) is 11.7 Å². The number of esters is 2. The Kier molecular flexibility index (Phi) is 7.45. The number of likely N-dealkylation sites (N-methyl/N-ethyl adjacent to an activating group) is 1. The Morgan fingerprint density at radius 3 is 2.36 bits per heavy atom. The summed E-state index contributed by atoms with van der Waals surface area (Å²) in [7, 11) is 3.36. The van der Waals surface area contributed by atoms with Gasteiger partial charge in [0.2, 0.25) is 17.9 Å². The van der Waals surface area contributed by atoms with E-state index in [0.29, 0.717) is 23.3 Å². The van der Waals surface area contributed by atoms with E-state index in [4.69, 9.17) is 9.47 Å². The molecule has 2 unspecified atom stereocenters. The molecule has 2 N–H and O–H groups in total. The number of carbonyl (C=O) groups is 4. The van der Waals surface area contributed by atoms with Gasteiger partial charge in [-0.15, -0.1) is 0 Å². The summed E-state index contributed by atoms with van der Waals surface area (Å²) in [5.74, 6) is -1.53. The lowest BCUT2D eigenvalue weighted by Gasteiger charge is -2.28. The van der Waals surface area contributed by atoms with E-state index >= 15 is 0 Å². The second-order valence-corrected chi connectivity index (χ2v) is 8.32. The van der Waals surface area contributed by atoms with Crippen LogP contribution in [0.2, 0.25) is 0 Å². The smallest absolute Gasteiger partial charge is 0.341 e. The van der Waals surface area contributed by atoms with Crippen molar-refractivity contribution in [2.24, 2.45) is 0 Å². The third-order valence-corrected chi connectivity index (χ3v) is 5.52. The van der Waals surface area contributed by atoms with Gasteiger partial charge in [0.25, 0.3) is 0 Å². The SMILES string of the molecule is CC(=O)N[C@@H]1OC(=O)C(c2ccc(C3=CC(C(=O)C(OC(C)=O)N(C)C)NCC3)cc2)=C1C. The normalized spacial score (nSPS) is 21.4. The Hall–Kier alpha value is -3.30. The molecule has 2 aliphatic rings. The van der Waals surface area contributed by atoms with Crippen LogP contribution in [0.4, 0.5) is 0 Å². The van der Waals surface area contributed by atoms with Crippen LogP contribution in [0.25, 0.3) is 11.1 Å². The second kappa shape index (κ2) is 10.1. The van der Waals surface area contributed by atoms with Gasteiger partial charge in [-0.3, -0.25) is 19.3 Å². The summed E-state index contributed by atoms with van der Waals surface area (Å²) in [6, 6.07) is 6.85. The first-order valence-corrected chi connectivity index (χ1v) is 10.7. The number of hydrogen-bond acceptors (Lipinski definition) is 8. The van der Waals surface area contributed by atoms with Crippen LogP contribution < -0.4 is 10.6 Å². The van der Waals surface area contributed by atoms with Gasteiger partial charge in [-0.2, -0.15) is 0 Å². The van der Waals surface area contributed by atoms with Gasteiger partial charge in [0.1, 0.15) is 0 Å². The maximum Gasteiger partial charge on any atom is 0.341 e. The minimum atomic E-state index is -0.974. The number of ether oxygens (including phenoxy) is 2. The largest absolute Gasteiger partial charge is 0.439 e. The van der Waals surface area contributed by atoms with Crippen molar-refractivity contribution >= 4 is 34.8 Å². The van der Waals surface area contributed by atoms with Crippen LogP contribution in [0.15, 0.2) is 35.9 Å². The molecule has 0 fully saturated rings. The Morgan fingerprint density at radius 2 is 1.79 bits per heavy atom. The molecule has 0 saturated heterocycles. The molecule has 2 aliphatic heterocycles. The molecule has 176 valence electrons. The summed E-state index contributed by atoms with van der Waals surface area (Å²) in [4.78, 5) is 49.6. The van der Waals surface area contributed by atoms with Gasteiger partial charge >= 0.3 is 11.9 Å². The molecule has 0 radical (unpaired) electrons. The van der Waals surface area contributed by atoms with Gasteiger partial charge < -0.3 is 20.1 Å². The van der Waals surface area contributed by atoms with Crippen LogP contribution in [0.3, 0.4) is 0 Å². The van der Waals surface area contributed by atoms with E-state index in [2.05, 4.69) is 10.6 Å². The topological polar surface area (TPSA) is 114 Å². The molecular formula is C24H29N3O6. The minimum Gasteiger partial charge on any atom is -0.439 e. The van der Waals surface area contributed by atoms with Gasteiger partial charge in [0, 0.05) is 26.0 Å². The molecule has 3 atom stereocenters. The van der Waals surface area contributed by atoms with Crippen LogP contribution in [0.5, 0.6) is 0 Å². The monoisotopic (exact) mass is 455 g/mol. The van der Waals surface area contributed by atoms with Gasteiger partial charge in [0.15, 0.2) is 6.23 Å². The van der Waals surface area contributed by atoms with Crippen molar-refractivity contribution in [1.82, 2.24) is 15.5 Å². The lowest BCUT2D eigenvalue weighted by Crippen LogP contribution is -2.50. The molecule has 0 aromatic heterocycles. The third-order valence-electron chi connectivity index (χ3n) is 5.52. The maximum atomic E-state index is 12.9. The molecule has 3 rings (SSSR count). The van der Waals surface area contributed by atoms with E-state index in [9.17, 15) is 19.2 Å². The Bertz CT molecular complexity index is 1030. The predicted octanol–water partition coefficient (Wildman–Crippen LogP) is 1.24. The molecule has 9 heteroatoms. The number of cyclic esters (lactones) is 1. The quantitative estimate of drug-likeness (QED) is 0.466. The summed E-state index contributed by atoms with van der Waals surface area (Å²) in [5.41, 5.74) is 3.68. The molecule has 33 heavy (non-hydrogen) atoms. The van der Waals surface area contributed by atoms with Crippen LogP contribution in [0.1, 0.15) is 38.3 Å². The van der Waals surface area contributed by atoms with Crippen molar-refractivity contribution in [3.8, 4) is 0 Å². The predicted molar refractivity (Wildman–Crippen MR) is 121 cm³/mol. The van der Waals surface area contributed by atoms with E-state index in [0.717, 1.165) is 17.6 Å². The first kappa shape index (κ1) is 24.3. The first-order chi connectivity index (χ1) is 15.6. The van der Waals surface area contributed by atoms with E-state index in [1.54, 1.807) is 25.9 Å². The number of carbonyl (C=O) groups excluding carboxylic acids is 4. The van der Waals surface area contributed by atoms with E-state index in [1.807, 2.05) is 30.3 Å². The number of Topliss-reactive ketones (excluding diaryl/α,β-unsaturated/α-hetero) is 1. The van der Waals surface area contributed by atoms with Crippen LogP contribution >= 0.6 is 0 Å². The number of nitrogens with zero attached hydrogens (tertiary/aromatic N) is 1. The Morgan fingerprint density at radius 1 is 1.15 bits per heavy atom. The standard InChI is InChI=1S/C24H29N3O6/c1-13-20(24(31)33-22(13)26-14(2)28)17-8-6-16(7-9-17)18-10-11-25-19(12-18)21(30)23(27(4)5)32-15(3)29/h6-9,12,19,22-23,25H,10-11H2,1-5H3,(H,26,28)/t19?,22-,23?/m1/s1. The number of rotatable bonds is 7. The summed E-state index contributed by atoms with van der Waals surface area (Å²) in [5, 5.41) is 5.77. The van der Waals surface area contributed by atoms with Crippen molar-refractivity contribution in [3.05, 3.63) is 47.0 Å². The van der Waals surface area contributed by atoms with Gasteiger partial charge in [0.05, 0.1) is 11.6 Å². The summed E-state index contributed by atoms with van der Waals surface area (Å²) in [6.45, 7) is 4.99. The molecule has 0 aliphatic carbocycles. The zero-order valence-electron chi connectivity index (χ0n) is 19.4. The maximum absolute atomic E-state index is 12.9. The summed E-state index contributed by atoms with van der Waals surface area (Å²) < 4.78 is 10.5. The summed E-state index contributed by atoms with van der Waals surface area (Å²) in [6.07, 6.45) is 0.836. The highest BCUT2D eigenvalue weighted by atomic mass is 16.6. The van der Waals surface area contributed by atoms with Gasteiger partial charge in [-0.25, -0.2) is 4.79 Å². The van der Waals surface area contributed by atoms with Crippen molar-refractivity contribution in [3.63, 3.8) is 0 Å². The van der Waals surface area contributed by atoms with Gasteiger partial charge in [-0.05, 0) is 44.1 Å². The van der Waals surface area contributed by atoms with Crippen molar-refractivity contribution in [1.29, 1.82) is 0 Å². The highest BCUT2D eigenvalue weighted by molar-refractivity contribution is 6.19. The van der Waals surface area contributed by atoms with E-state index in [1.165, 1.54) is 13.8 Å². The van der Waals surface area contributed by atoms with E-state index < -0.39 is 30.4 Å². The molecule has 1 amide bonds. The lowest BCUT2D eigenvalue weighted by molar-refractivity contribution is -0.162. The molecule has 0 bridgehead atoms. The number of hydrogen-bond donors (Lipinski definition) is 2. The van der Waals surface area contributed by atoms with Crippen LogP contribution in [-0.2, 0) is 28.7 Å². The zero-order valence-corrected chi connectivity index (χ0v) is 19.4. The average molecular weight is 456 g/mol. The second-order valence-electron chi connectivity index (χ2n) is 8.32. The first-order valence-electron chi connectivity index (χ1n) is 10.7. The van der Waals surface area contributed by atoms with Crippen molar-refractivity contribution in [2.75, 3.05) is 20.6 Å². The number of ketones is 1. The molecule has 2 heterocycles. The highest BCUT2D eigenvalue weighted by Gasteiger charge is 2.33. The van der Waals surface area contributed by atoms with Crippen LogP contribution in [-0.4, -0.2) is 67.7 Å². The van der Waals surface area contributed by atoms with Crippen molar-refractivity contribution < 1.29 is 28.7 Å². The minimum absolute atomic E-state index is 0.248. The number of nitrogens with one attached hydrogen (secondary N) is 2. The Balaban J connectivity index is 1.81. The molecular weight excluding hydrogens is 426 g/mol. The van der Waals surface area contributed by atoms with Crippen LogP contribution in [0, 0.1) is 0 Å². The molecule has 9 nitrogen and oxygen atoms in total. The molecule has 0 saturated carbocycles. The molecule has 0 spiro atoms. The summed E-state index contributed by atoms with van der Waals surface area (Å²) >= 11 is 0. The zero-order chi connectivity index (χ0) is 24.3. The van der Waals surface area contributed by atoms with Crippen molar-refractivity contribution in [2.45, 2.75) is 45.7 Å².